The van der Waals surface area contributed by atoms with E-state index in [0.29, 0.717) is 10.6 Å². The van der Waals surface area contributed by atoms with Gasteiger partial charge in [-0.2, -0.15) is 5.26 Å². The van der Waals surface area contributed by atoms with Gasteiger partial charge in [0.05, 0.1) is 23.0 Å². The highest BCUT2D eigenvalue weighted by Crippen LogP contribution is 2.21. The second kappa shape index (κ2) is 8.86. The number of amides is 1. The van der Waals surface area contributed by atoms with E-state index in [1.54, 1.807) is 36.4 Å². The summed E-state index contributed by atoms with van der Waals surface area (Å²) in [5, 5.41) is 11.9. The van der Waals surface area contributed by atoms with Gasteiger partial charge in [-0.15, -0.1) is 0 Å². The predicted molar refractivity (Wildman–Crippen MR) is 93.9 cm³/mol. The number of nitriles is 1. The Morgan fingerprint density at radius 1 is 1.16 bits per heavy atom. The molecule has 2 rings (SSSR count). The van der Waals surface area contributed by atoms with Gasteiger partial charge in [-0.25, -0.2) is 0 Å². The Labute approximate surface area is 151 Å². The molecule has 25 heavy (non-hydrogen) atoms. The fraction of sp³-hybridized carbons (Fsp3) is 0.211. The van der Waals surface area contributed by atoms with Crippen molar-refractivity contribution in [3.63, 3.8) is 0 Å². The van der Waals surface area contributed by atoms with Crippen molar-refractivity contribution in [3.8, 4) is 6.07 Å². The third-order valence-corrected chi connectivity index (χ3v) is 3.82. The van der Waals surface area contributed by atoms with Gasteiger partial charge in [0.25, 0.3) is 5.91 Å². The van der Waals surface area contributed by atoms with Gasteiger partial charge in [0.15, 0.2) is 6.10 Å². The third kappa shape index (κ3) is 5.33. The smallest absolute Gasteiger partial charge is 0.309 e. The Kier molecular flexibility index (Phi) is 6.55. The highest BCUT2D eigenvalue weighted by Gasteiger charge is 2.22. The summed E-state index contributed by atoms with van der Waals surface area (Å²) in [5.41, 5.74) is 1.08. The summed E-state index contributed by atoms with van der Waals surface area (Å²) in [6, 6.07) is 17.0. The lowest BCUT2D eigenvalue weighted by Gasteiger charge is -2.19. The molecule has 0 aliphatic rings. The summed E-state index contributed by atoms with van der Waals surface area (Å²) < 4.78 is 4.99. The number of carbonyl (C=O) groups is 2. The molecule has 6 heteroatoms. The Morgan fingerprint density at radius 3 is 2.44 bits per heavy atom. The molecule has 0 radical (unpaired) electrons. The molecule has 0 spiro atoms. The molecule has 128 valence electrons. The van der Waals surface area contributed by atoms with Crippen molar-refractivity contribution in [3.05, 3.63) is 70.7 Å². The normalized spacial score (nSPS) is 12.5. The maximum absolute atomic E-state index is 12.5. The van der Waals surface area contributed by atoms with Crippen LogP contribution in [0, 0.1) is 11.3 Å². The minimum atomic E-state index is -0.844. The van der Waals surface area contributed by atoms with Crippen molar-refractivity contribution >= 4 is 23.5 Å². The number of esters is 1. The van der Waals surface area contributed by atoms with Gasteiger partial charge in [-0.05, 0) is 24.6 Å². The summed E-state index contributed by atoms with van der Waals surface area (Å²) in [6.45, 7) is 1.48. The molecule has 0 heterocycles. The van der Waals surface area contributed by atoms with E-state index in [4.69, 9.17) is 21.6 Å². The lowest BCUT2D eigenvalue weighted by atomic mass is 10.0. The molecule has 0 aromatic heterocycles. The zero-order chi connectivity index (χ0) is 18.2. The molecule has 0 aliphatic heterocycles. The summed E-state index contributed by atoms with van der Waals surface area (Å²) in [5.74, 6) is -0.956. The number of hydrogen-bond acceptors (Lipinski definition) is 4. The van der Waals surface area contributed by atoms with E-state index in [2.05, 4.69) is 5.32 Å². The number of nitrogens with one attached hydrogen (secondary N) is 1. The van der Waals surface area contributed by atoms with Crippen LogP contribution in [0.3, 0.4) is 0 Å². The van der Waals surface area contributed by atoms with Crippen molar-refractivity contribution in [2.75, 3.05) is 0 Å². The zero-order valence-corrected chi connectivity index (χ0v) is 14.4. The van der Waals surface area contributed by atoms with Crippen molar-refractivity contribution in [2.45, 2.75) is 25.5 Å². The van der Waals surface area contributed by atoms with Crippen molar-refractivity contribution in [1.29, 1.82) is 5.26 Å². The van der Waals surface area contributed by atoms with E-state index in [-0.39, 0.29) is 12.3 Å². The van der Waals surface area contributed by atoms with Crippen molar-refractivity contribution in [2.24, 2.45) is 0 Å². The average molecular weight is 357 g/mol. The molecule has 0 saturated heterocycles. The number of carbonyl (C=O) groups excluding carboxylic acids is 2. The third-order valence-electron chi connectivity index (χ3n) is 3.49. The van der Waals surface area contributed by atoms with E-state index in [9.17, 15) is 9.59 Å². The molecule has 0 bridgehead atoms. The average Bonchev–Trinajstić information content (AvgIpc) is 2.62. The molecule has 0 fully saturated rings. The van der Waals surface area contributed by atoms with Crippen molar-refractivity contribution in [1.82, 2.24) is 5.32 Å². The monoisotopic (exact) mass is 356 g/mol. The molecule has 0 saturated carbocycles. The minimum absolute atomic E-state index is 0.0910. The summed E-state index contributed by atoms with van der Waals surface area (Å²) >= 11 is 6.05. The number of benzene rings is 2. The first-order chi connectivity index (χ1) is 12.0. The molecule has 5 nitrogen and oxygen atoms in total. The van der Waals surface area contributed by atoms with Crippen LogP contribution in [0.2, 0.25) is 5.02 Å². The molecular weight excluding hydrogens is 340 g/mol. The molecular formula is C19H17ClN2O3. The Hall–Kier alpha value is -2.84. The van der Waals surface area contributed by atoms with Gasteiger partial charge in [0.1, 0.15) is 6.07 Å². The first-order valence-corrected chi connectivity index (χ1v) is 8.08. The Bertz CT molecular complexity index is 787. The zero-order valence-electron chi connectivity index (χ0n) is 13.6. The number of hydrogen-bond donors (Lipinski definition) is 1. The topological polar surface area (TPSA) is 79.2 Å². The van der Waals surface area contributed by atoms with E-state index in [0.717, 1.165) is 5.56 Å². The van der Waals surface area contributed by atoms with Gasteiger partial charge in [0.2, 0.25) is 0 Å². The molecule has 2 atom stereocenters. The quantitative estimate of drug-likeness (QED) is 0.801. The predicted octanol–water partition coefficient (Wildman–Crippen LogP) is 3.66. The minimum Gasteiger partial charge on any atom is -0.447 e. The maximum atomic E-state index is 12.5. The van der Waals surface area contributed by atoms with E-state index >= 15 is 0 Å². The SMILES string of the molecule is C[C@H](C#N)OC(=O)C[C@@H](NC(=O)c1ccccc1Cl)c1ccccc1. The molecule has 1 amide bonds. The Morgan fingerprint density at radius 2 is 1.80 bits per heavy atom. The first-order valence-electron chi connectivity index (χ1n) is 7.70. The highest BCUT2D eigenvalue weighted by molar-refractivity contribution is 6.33. The van der Waals surface area contributed by atoms with Gasteiger partial charge < -0.3 is 10.1 Å². The van der Waals surface area contributed by atoms with Crippen LogP contribution in [-0.2, 0) is 9.53 Å². The van der Waals surface area contributed by atoms with Crippen LogP contribution in [0.25, 0.3) is 0 Å². The number of halogens is 1. The van der Waals surface area contributed by atoms with Crippen LogP contribution in [0.4, 0.5) is 0 Å². The van der Waals surface area contributed by atoms with Gasteiger partial charge in [-0.1, -0.05) is 54.1 Å². The molecule has 2 aromatic carbocycles. The largest absolute Gasteiger partial charge is 0.447 e. The molecule has 0 aliphatic carbocycles. The summed E-state index contributed by atoms with van der Waals surface area (Å²) in [7, 11) is 0. The highest BCUT2D eigenvalue weighted by atomic mass is 35.5. The van der Waals surface area contributed by atoms with Crippen LogP contribution in [0.5, 0.6) is 0 Å². The van der Waals surface area contributed by atoms with Crippen LogP contribution < -0.4 is 5.32 Å². The lowest BCUT2D eigenvalue weighted by Crippen LogP contribution is -2.31. The number of nitrogens with zero attached hydrogens (tertiary/aromatic N) is 1. The van der Waals surface area contributed by atoms with Crippen LogP contribution >= 0.6 is 11.6 Å². The fourth-order valence-electron chi connectivity index (χ4n) is 2.26. The summed E-state index contributed by atoms with van der Waals surface area (Å²) in [6.07, 6.45) is -0.935. The van der Waals surface area contributed by atoms with Gasteiger partial charge in [-0.3, -0.25) is 9.59 Å². The van der Waals surface area contributed by atoms with Crippen LogP contribution in [0.15, 0.2) is 54.6 Å². The van der Waals surface area contributed by atoms with Gasteiger partial charge >= 0.3 is 5.97 Å². The van der Waals surface area contributed by atoms with E-state index < -0.39 is 18.1 Å². The fourth-order valence-corrected chi connectivity index (χ4v) is 2.48. The van der Waals surface area contributed by atoms with Gasteiger partial charge in [0, 0.05) is 0 Å². The second-order valence-electron chi connectivity index (χ2n) is 5.38. The first kappa shape index (κ1) is 18.5. The van der Waals surface area contributed by atoms with E-state index in [1.807, 2.05) is 24.3 Å². The molecule has 2 aromatic rings. The second-order valence-corrected chi connectivity index (χ2v) is 5.79. The Balaban J connectivity index is 2.18. The molecule has 1 N–H and O–H groups in total. The lowest BCUT2D eigenvalue weighted by molar-refractivity contribution is -0.146. The van der Waals surface area contributed by atoms with E-state index in [1.165, 1.54) is 6.92 Å². The number of rotatable bonds is 6. The number of ether oxygens (including phenoxy) is 1. The molecule has 0 unspecified atom stereocenters. The van der Waals surface area contributed by atoms with Crippen molar-refractivity contribution < 1.29 is 14.3 Å². The van der Waals surface area contributed by atoms with Crippen LogP contribution in [0.1, 0.15) is 35.3 Å². The standard InChI is InChI=1S/C19H17ClN2O3/c1-13(12-21)25-18(23)11-17(14-7-3-2-4-8-14)22-19(24)15-9-5-6-10-16(15)20/h2-10,13,17H,11H2,1H3,(H,22,24)/t13-,17-/m1/s1. The maximum Gasteiger partial charge on any atom is 0.309 e. The summed E-state index contributed by atoms with van der Waals surface area (Å²) in [4.78, 5) is 24.5. The van der Waals surface area contributed by atoms with Crippen LogP contribution in [-0.4, -0.2) is 18.0 Å².